The Labute approximate surface area is 176 Å². The Hall–Kier alpha value is -2.93. The number of fused-ring (bicyclic) bond motifs is 3. The largest absolute Gasteiger partial charge is 0.358 e. The van der Waals surface area contributed by atoms with Gasteiger partial charge in [-0.25, -0.2) is 0 Å². The monoisotopic (exact) mass is 404 g/mol. The van der Waals surface area contributed by atoms with Crippen molar-refractivity contribution >= 4 is 22.6 Å². The molecule has 0 saturated carbocycles. The predicted molar refractivity (Wildman–Crippen MR) is 117 cm³/mol. The molecule has 2 aliphatic heterocycles. The molecule has 0 spiro atoms. The molecule has 30 heavy (non-hydrogen) atoms. The number of nitrogens with one attached hydrogen (secondary N) is 1. The van der Waals surface area contributed by atoms with E-state index in [0.717, 1.165) is 44.7 Å². The molecule has 1 aromatic carbocycles. The number of anilines is 1. The summed E-state index contributed by atoms with van der Waals surface area (Å²) in [4.78, 5) is 23.1. The van der Waals surface area contributed by atoms with Crippen molar-refractivity contribution in [2.75, 3.05) is 38.1 Å². The lowest BCUT2D eigenvalue weighted by Crippen LogP contribution is -2.45. The summed E-state index contributed by atoms with van der Waals surface area (Å²) in [6, 6.07) is 12.7. The number of benzene rings is 1. The Morgan fingerprint density at radius 3 is 3.00 bits per heavy atom. The van der Waals surface area contributed by atoms with Gasteiger partial charge in [0, 0.05) is 67.0 Å². The van der Waals surface area contributed by atoms with Crippen LogP contribution in [0.4, 0.5) is 5.82 Å². The van der Waals surface area contributed by atoms with Crippen LogP contribution < -0.4 is 4.90 Å². The SMILES string of the molecule is CN(CC(=O)N1CCc2[nH]c3ccccc3c2C1)CC1CCCN1c1cccnn1. The average molecular weight is 405 g/mol. The lowest BCUT2D eigenvalue weighted by atomic mass is 10.0. The summed E-state index contributed by atoms with van der Waals surface area (Å²) in [7, 11) is 2.05. The molecular weight excluding hydrogens is 376 g/mol. The van der Waals surface area contributed by atoms with Crippen LogP contribution in [0.5, 0.6) is 0 Å². The third kappa shape index (κ3) is 3.65. The van der Waals surface area contributed by atoms with E-state index in [9.17, 15) is 4.79 Å². The van der Waals surface area contributed by atoms with Gasteiger partial charge < -0.3 is 14.8 Å². The molecular formula is C23H28N6O. The number of amides is 1. The van der Waals surface area contributed by atoms with Crippen molar-refractivity contribution in [1.82, 2.24) is 25.0 Å². The molecule has 1 saturated heterocycles. The molecule has 1 atom stereocenters. The van der Waals surface area contributed by atoms with Crippen LogP contribution in [0.2, 0.25) is 0 Å². The summed E-state index contributed by atoms with van der Waals surface area (Å²) in [5.74, 6) is 1.14. The van der Waals surface area contributed by atoms with Gasteiger partial charge in [-0.15, -0.1) is 5.10 Å². The molecule has 1 amide bonds. The molecule has 3 aromatic rings. The van der Waals surface area contributed by atoms with Crippen molar-refractivity contribution in [1.29, 1.82) is 0 Å². The molecule has 156 valence electrons. The molecule has 5 rings (SSSR count). The fourth-order valence-corrected chi connectivity index (χ4v) is 4.91. The van der Waals surface area contributed by atoms with Crippen molar-refractivity contribution in [3.63, 3.8) is 0 Å². The number of aromatic nitrogens is 3. The number of hydrogen-bond acceptors (Lipinski definition) is 5. The first-order valence-electron chi connectivity index (χ1n) is 10.8. The van der Waals surface area contributed by atoms with E-state index in [1.54, 1.807) is 6.20 Å². The zero-order chi connectivity index (χ0) is 20.5. The van der Waals surface area contributed by atoms with Crippen molar-refractivity contribution in [3.8, 4) is 0 Å². The maximum absolute atomic E-state index is 13.0. The fourth-order valence-electron chi connectivity index (χ4n) is 4.91. The minimum absolute atomic E-state index is 0.206. The summed E-state index contributed by atoms with van der Waals surface area (Å²) >= 11 is 0. The molecule has 2 aromatic heterocycles. The van der Waals surface area contributed by atoms with Gasteiger partial charge in [0.1, 0.15) is 0 Å². The molecule has 0 bridgehead atoms. The average Bonchev–Trinajstić information content (AvgIpc) is 3.38. The topological polar surface area (TPSA) is 68.4 Å². The molecule has 0 aliphatic carbocycles. The van der Waals surface area contributed by atoms with Crippen LogP contribution in [0.25, 0.3) is 10.9 Å². The van der Waals surface area contributed by atoms with E-state index in [4.69, 9.17) is 0 Å². The molecule has 7 heteroatoms. The zero-order valence-electron chi connectivity index (χ0n) is 17.4. The van der Waals surface area contributed by atoms with E-state index in [0.29, 0.717) is 19.1 Å². The van der Waals surface area contributed by atoms with Crippen LogP contribution in [-0.2, 0) is 17.8 Å². The van der Waals surface area contributed by atoms with Crippen molar-refractivity contribution in [2.45, 2.75) is 31.8 Å². The van der Waals surface area contributed by atoms with E-state index in [2.05, 4.69) is 49.2 Å². The molecule has 2 aliphatic rings. The fraction of sp³-hybridized carbons (Fsp3) is 0.435. The van der Waals surface area contributed by atoms with E-state index in [1.807, 2.05) is 24.1 Å². The zero-order valence-corrected chi connectivity index (χ0v) is 17.4. The molecule has 0 radical (unpaired) electrons. The first kappa shape index (κ1) is 19.1. The molecule has 1 fully saturated rings. The van der Waals surface area contributed by atoms with Gasteiger partial charge in [0.05, 0.1) is 6.54 Å². The van der Waals surface area contributed by atoms with Crippen molar-refractivity contribution in [2.24, 2.45) is 0 Å². The number of rotatable bonds is 5. The highest BCUT2D eigenvalue weighted by Gasteiger charge is 2.29. The van der Waals surface area contributed by atoms with E-state index in [1.165, 1.54) is 22.2 Å². The highest BCUT2D eigenvalue weighted by Crippen LogP contribution is 2.28. The Bertz CT molecular complexity index is 1030. The maximum atomic E-state index is 13.0. The van der Waals surface area contributed by atoms with Crippen LogP contribution in [0.15, 0.2) is 42.6 Å². The molecule has 7 nitrogen and oxygen atoms in total. The van der Waals surface area contributed by atoms with Gasteiger partial charge in [-0.2, -0.15) is 5.10 Å². The lowest BCUT2D eigenvalue weighted by molar-refractivity contribution is -0.133. The van der Waals surface area contributed by atoms with E-state index >= 15 is 0 Å². The predicted octanol–water partition coefficient (Wildman–Crippen LogP) is 2.44. The minimum Gasteiger partial charge on any atom is -0.358 e. The molecule has 1 N–H and O–H groups in total. The Kier molecular flexibility index (Phi) is 5.12. The number of nitrogens with zero attached hydrogens (tertiary/aromatic N) is 5. The Morgan fingerprint density at radius 1 is 1.23 bits per heavy atom. The van der Waals surface area contributed by atoms with Gasteiger partial charge in [0.15, 0.2) is 5.82 Å². The van der Waals surface area contributed by atoms with Gasteiger partial charge in [-0.05, 0) is 38.1 Å². The van der Waals surface area contributed by atoms with Crippen LogP contribution in [-0.4, -0.2) is 70.2 Å². The van der Waals surface area contributed by atoms with Gasteiger partial charge in [0.25, 0.3) is 0 Å². The smallest absolute Gasteiger partial charge is 0.237 e. The second kappa shape index (κ2) is 8.07. The number of carbonyl (C=O) groups is 1. The quantitative estimate of drug-likeness (QED) is 0.707. The Morgan fingerprint density at radius 2 is 2.13 bits per heavy atom. The summed E-state index contributed by atoms with van der Waals surface area (Å²) in [5.41, 5.74) is 3.72. The maximum Gasteiger partial charge on any atom is 0.237 e. The number of likely N-dealkylation sites (N-methyl/N-ethyl adjacent to an activating group) is 1. The molecule has 1 unspecified atom stereocenters. The second-order valence-corrected chi connectivity index (χ2v) is 8.46. The first-order valence-corrected chi connectivity index (χ1v) is 10.8. The van der Waals surface area contributed by atoms with Gasteiger partial charge in [0.2, 0.25) is 5.91 Å². The summed E-state index contributed by atoms with van der Waals surface area (Å²) in [5, 5.41) is 9.53. The van der Waals surface area contributed by atoms with Crippen molar-refractivity contribution < 1.29 is 4.79 Å². The van der Waals surface area contributed by atoms with Gasteiger partial charge in [-0.3, -0.25) is 9.69 Å². The number of hydrogen-bond donors (Lipinski definition) is 1. The third-order valence-electron chi connectivity index (χ3n) is 6.39. The number of H-pyrrole nitrogens is 1. The highest BCUT2D eigenvalue weighted by molar-refractivity contribution is 5.86. The van der Waals surface area contributed by atoms with Gasteiger partial charge in [-0.1, -0.05) is 18.2 Å². The van der Waals surface area contributed by atoms with E-state index in [-0.39, 0.29) is 5.91 Å². The van der Waals surface area contributed by atoms with Crippen LogP contribution in [0.3, 0.4) is 0 Å². The number of para-hydroxylation sites is 1. The minimum atomic E-state index is 0.206. The number of carbonyl (C=O) groups excluding carboxylic acids is 1. The summed E-state index contributed by atoms with van der Waals surface area (Å²) in [6.07, 6.45) is 4.87. The van der Waals surface area contributed by atoms with Gasteiger partial charge >= 0.3 is 0 Å². The van der Waals surface area contributed by atoms with Crippen LogP contribution in [0.1, 0.15) is 24.1 Å². The Balaban J connectivity index is 1.21. The highest BCUT2D eigenvalue weighted by atomic mass is 16.2. The van der Waals surface area contributed by atoms with E-state index < -0.39 is 0 Å². The standard InChI is InChI=1S/C23H28N6O/c1-27(14-17-6-5-12-29(17)22-9-4-11-24-26-22)16-23(30)28-13-10-21-19(15-28)18-7-2-3-8-20(18)25-21/h2-4,7-9,11,17,25H,5-6,10,12-16H2,1H3. The van der Waals surface area contributed by atoms with Crippen LogP contribution >= 0.6 is 0 Å². The summed E-state index contributed by atoms with van der Waals surface area (Å²) in [6.45, 7) is 3.78. The second-order valence-electron chi connectivity index (χ2n) is 8.46. The van der Waals surface area contributed by atoms with Crippen LogP contribution in [0, 0.1) is 0 Å². The normalized spacial score (nSPS) is 18.9. The third-order valence-corrected chi connectivity index (χ3v) is 6.39. The number of aromatic amines is 1. The molecule has 4 heterocycles. The first-order chi connectivity index (χ1) is 14.7. The summed E-state index contributed by atoms with van der Waals surface area (Å²) < 4.78 is 0. The van der Waals surface area contributed by atoms with Crippen molar-refractivity contribution in [3.05, 3.63) is 53.9 Å². The lowest BCUT2D eigenvalue weighted by Gasteiger charge is -2.32.